The van der Waals surface area contributed by atoms with Gasteiger partial charge in [-0.1, -0.05) is 0 Å². The first-order chi connectivity index (χ1) is 10.3. The molecule has 3 heterocycles. The van der Waals surface area contributed by atoms with Gasteiger partial charge in [0, 0.05) is 25.2 Å². The predicted molar refractivity (Wildman–Crippen MR) is 82.0 cm³/mol. The molecule has 0 radical (unpaired) electrons. The molecule has 0 aliphatic carbocycles. The summed E-state index contributed by atoms with van der Waals surface area (Å²) in [5.74, 6) is 1.54. The maximum absolute atomic E-state index is 5.57. The first kappa shape index (κ1) is 13.8. The molecule has 0 amide bonds. The summed E-state index contributed by atoms with van der Waals surface area (Å²) in [5, 5.41) is 8.33. The average molecular weight is 300 g/mol. The highest BCUT2D eigenvalue weighted by Crippen LogP contribution is 2.27. The molecule has 0 saturated heterocycles. The first-order valence-electron chi connectivity index (χ1n) is 6.73. The van der Waals surface area contributed by atoms with E-state index in [9.17, 15) is 0 Å². The smallest absolute Gasteiger partial charge is 0.193 e. The number of thiazole rings is 1. The first-order valence-corrected chi connectivity index (χ1v) is 7.55. The molecule has 108 valence electrons. The number of H-pyrrole nitrogens is 1. The van der Waals surface area contributed by atoms with Gasteiger partial charge in [0.15, 0.2) is 5.82 Å². The van der Waals surface area contributed by atoms with Gasteiger partial charge in [-0.15, -0.1) is 11.3 Å². The van der Waals surface area contributed by atoms with Gasteiger partial charge in [0.05, 0.1) is 15.6 Å². The summed E-state index contributed by atoms with van der Waals surface area (Å²) in [6.07, 6.45) is 5.06. The van der Waals surface area contributed by atoms with Gasteiger partial charge in [-0.2, -0.15) is 5.10 Å². The number of aryl methyl sites for hydroxylation is 1. The Morgan fingerprint density at radius 2 is 2.05 bits per heavy atom. The van der Waals surface area contributed by atoms with E-state index < -0.39 is 0 Å². The Labute approximate surface area is 126 Å². The van der Waals surface area contributed by atoms with Crippen molar-refractivity contribution in [2.45, 2.75) is 19.8 Å². The number of hydrogen-bond acceptors (Lipinski definition) is 6. The van der Waals surface area contributed by atoms with Crippen molar-refractivity contribution in [2.75, 3.05) is 6.54 Å². The number of hydrogen-bond donors (Lipinski definition) is 2. The third-order valence-corrected chi connectivity index (χ3v) is 4.27. The molecule has 6 nitrogen and oxygen atoms in total. The van der Waals surface area contributed by atoms with E-state index in [1.54, 1.807) is 23.7 Å². The summed E-state index contributed by atoms with van der Waals surface area (Å²) >= 11 is 1.61. The van der Waals surface area contributed by atoms with Crippen LogP contribution in [0.2, 0.25) is 0 Å². The predicted octanol–water partition coefficient (Wildman–Crippen LogP) is 1.72. The minimum Gasteiger partial charge on any atom is -0.330 e. The number of nitrogens with one attached hydrogen (secondary N) is 1. The zero-order valence-electron chi connectivity index (χ0n) is 11.7. The molecule has 3 rings (SSSR count). The van der Waals surface area contributed by atoms with Crippen molar-refractivity contribution in [2.24, 2.45) is 5.73 Å². The lowest BCUT2D eigenvalue weighted by molar-refractivity contribution is 0.945. The third-order valence-electron chi connectivity index (χ3n) is 3.05. The van der Waals surface area contributed by atoms with E-state index in [-0.39, 0.29) is 0 Å². The molecule has 0 aliphatic heterocycles. The van der Waals surface area contributed by atoms with Gasteiger partial charge < -0.3 is 5.73 Å². The summed E-state index contributed by atoms with van der Waals surface area (Å²) < 4.78 is 0. The van der Waals surface area contributed by atoms with Crippen molar-refractivity contribution in [1.82, 2.24) is 25.1 Å². The zero-order chi connectivity index (χ0) is 14.7. The molecule has 3 aromatic heterocycles. The van der Waals surface area contributed by atoms with E-state index in [2.05, 4.69) is 25.1 Å². The van der Waals surface area contributed by atoms with Crippen molar-refractivity contribution >= 4 is 11.3 Å². The number of pyridine rings is 1. The summed E-state index contributed by atoms with van der Waals surface area (Å²) in [7, 11) is 0. The molecular formula is C14H16N6S. The van der Waals surface area contributed by atoms with E-state index in [1.807, 2.05) is 19.1 Å². The maximum Gasteiger partial charge on any atom is 0.193 e. The lowest BCUT2D eigenvalue weighted by Crippen LogP contribution is -2.01. The van der Waals surface area contributed by atoms with Gasteiger partial charge in [-0.3, -0.25) is 10.1 Å². The van der Waals surface area contributed by atoms with Crippen LogP contribution in [0.3, 0.4) is 0 Å². The molecule has 0 aliphatic rings. The highest BCUT2D eigenvalue weighted by atomic mass is 32.1. The Morgan fingerprint density at radius 3 is 2.81 bits per heavy atom. The van der Waals surface area contributed by atoms with Gasteiger partial charge >= 0.3 is 0 Å². The van der Waals surface area contributed by atoms with Crippen LogP contribution in [0.25, 0.3) is 10.7 Å². The van der Waals surface area contributed by atoms with Crippen molar-refractivity contribution in [3.63, 3.8) is 0 Å². The zero-order valence-corrected chi connectivity index (χ0v) is 12.5. The van der Waals surface area contributed by atoms with E-state index in [0.717, 1.165) is 33.4 Å². The molecule has 0 atom stereocenters. The van der Waals surface area contributed by atoms with Crippen LogP contribution in [0, 0.1) is 6.92 Å². The van der Waals surface area contributed by atoms with Crippen LogP contribution < -0.4 is 5.73 Å². The molecule has 3 N–H and O–H groups in total. The fourth-order valence-corrected chi connectivity index (χ4v) is 3.07. The van der Waals surface area contributed by atoms with Crippen LogP contribution >= 0.6 is 11.3 Å². The molecule has 0 unspecified atom stereocenters. The SMILES string of the molecule is Cc1nc(CCN)sc1-c1n[nH]c(Cc2ccncc2)n1. The quantitative estimate of drug-likeness (QED) is 0.748. The van der Waals surface area contributed by atoms with Crippen LogP contribution in [-0.4, -0.2) is 31.7 Å². The third kappa shape index (κ3) is 3.14. The van der Waals surface area contributed by atoms with Crippen LogP contribution in [0.1, 0.15) is 22.1 Å². The Morgan fingerprint density at radius 1 is 1.24 bits per heavy atom. The molecule has 7 heteroatoms. The summed E-state index contributed by atoms with van der Waals surface area (Å²) in [5.41, 5.74) is 7.68. The van der Waals surface area contributed by atoms with Gasteiger partial charge in [0.1, 0.15) is 5.82 Å². The normalized spacial score (nSPS) is 11.0. The Balaban J connectivity index is 1.81. The van der Waals surface area contributed by atoms with Gasteiger partial charge in [-0.05, 0) is 31.2 Å². The highest BCUT2D eigenvalue weighted by Gasteiger charge is 2.14. The van der Waals surface area contributed by atoms with Gasteiger partial charge in [-0.25, -0.2) is 9.97 Å². The largest absolute Gasteiger partial charge is 0.330 e. The lowest BCUT2D eigenvalue weighted by Gasteiger charge is -1.95. The standard InChI is InChI=1S/C14H16N6S/c1-9-13(21-12(17-9)2-5-15)14-18-11(19-20-14)8-10-3-6-16-7-4-10/h3-4,6-7H,2,5,8,15H2,1H3,(H,18,19,20). The Kier molecular flexibility index (Phi) is 4.03. The highest BCUT2D eigenvalue weighted by molar-refractivity contribution is 7.15. The van der Waals surface area contributed by atoms with Crippen LogP contribution in [0.4, 0.5) is 0 Å². The van der Waals surface area contributed by atoms with Crippen LogP contribution in [0.15, 0.2) is 24.5 Å². The second kappa shape index (κ2) is 6.11. The number of nitrogens with two attached hydrogens (primary N) is 1. The monoisotopic (exact) mass is 300 g/mol. The van der Waals surface area contributed by atoms with E-state index in [0.29, 0.717) is 18.8 Å². The topological polar surface area (TPSA) is 93.4 Å². The Hall–Kier alpha value is -2.12. The molecule has 0 fully saturated rings. The summed E-state index contributed by atoms with van der Waals surface area (Å²) in [6.45, 7) is 2.58. The van der Waals surface area contributed by atoms with Crippen molar-refractivity contribution in [3.05, 3.63) is 46.6 Å². The second-order valence-corrected chi connectivity index (χ2v) is 5.78. The number of nitrogens with zero attached hydrogens (tertiary/aromatic N) is 4. The average Bonchev–Trinajstić information content (AvgIpc) is 3.07. The number of aromatic nitrogens is 5. The van der Waals surface area contributed by atoms with E-state index in [4.69, 9.17) is 5.73 Å². The van der Waals surface area contributed by atoms with Crippen molar-refractivity contribution in [1.29, 1.82) is 0 Å². The van der Waals surface area contributed by atoms with E-state index in [1.165, 1.54) is 0 Å². The van der Waals surface area contributed by atoms with Crippen molar-refractivity contribution < 1.29 is 0 Å². The molecule has 3 aromatic rings. The van der Waals surface area contributed by atoms with Gasteiger partial charge in [0.25, 0.3) is 0 Å². The number of aromatic amines is 1. The minimum atomic E-state index is 0.605. The summed E-state index contributed by atoms with van der Waals surface area (Å²) in [6, 6.07) is 3.94. The Bertz CT molecular complexity index is 718. The van der Waals surface area contributed by atoms with Crippen LogP contribution in [-0.2, 0) is 12.8 Å². The maximum atomic E-state index is 5.57. The number of rotatable bonds is 5. The molecule has 0 saturated carbocycles. The molecule has 0 spiro atoms. The molecule has 0 aromatic carbocycles. The molecule has 0 bridgehead atoms. The van der Waals surface area contributed by atoms with E-state index >= 15 is 0 Å². The fourth-order valence-electron chi connectivity index (χ4n) is 2.06. The van der Waals surface area contributed by atoms with Crippen molar-refractivity contribution in [3.8, 4) is 10.7 Å². The second-order valence-electron chi connectivity index (χ2n) is 4.70. The van der Waals surface area contributed by atoms with Crippen LogP contribution in [0.5, 0.6) is 0 Å². The molecular weight excluding hydrogens is 284 g/mol. The fraction of sp³-hybridized carbons (Fsp3) is 0.286. The lowest BCUT2D eigenvalue weighted by atomic mass is 10.2. The van der Waals surface area contributed by atoms with Gasteiger partial charge in [0.2, 0.25) is 0 Å². The molecule has 21 heavy (non-hydrogen) atoms. The summed E-state index contributed by atoms with van der Waals surface area (Å²) in [4.78, 5) is 14.1. The minimum absolute atomic E-state index is 0.605.